The average molecular weight is 420 g/mol. The van der Waals surface area contributed by atoms with Gasteiger partial charge in [0.15, 0.2) is 29.5 Å². The highest BCUT2D eigenvalue weighted by molar-refractivity contribution is 5.94. The summed E-state index contributed by atoms with van der Waals surface area (Å²) in [5.41, 5.74) is -2.04. The van der Waals surface area contributed by atoms with Crippen molar-refractivity contribution in [3.63, 3.8) is 0 Å². The number of carbonyl (C=O) groups excluding carboxylic acids is 3. The highest BCUT2D eigenvalue weighted by atomic mass is 16.7. The molecule has 0 aromatic heterocycles. The summed E-state index contributed by atoms with van der Waals surface area (Å²) in [6, 6.07) is 0. The van der Waals surface area contributed by atoms with Crippen LogP contribution in [0.3, 0.4) is 0 Å². The van der Waals surface area contributed by atoms with Crippen molar-refractivity contribution in [2.45, 2.75) is 83.1 Å². The monoisotopic (exact) mass is 420 g/mol. The quantitative estimate of drug-likeness (QED) is 0.242. The van der Waals surface area contributed by atoms with E-state index in [0.29, 0.717) is 18.4 Å². The minimum Gasteiger partial charge on any atom is -0.455 e. The SMILES string of the molecule is C=C1C(=O)OC2C=C(C)CCC=C(C)C(OC(=O)C3(C)OC3C)C(OC(C)=O)C12O. The van der Waals surface area contributed by atoms with Gasteiger partial charge in [-0.1, -0.05) is 18.2 Å². The summed E-state index contributed by atoms with van der Waals surface area (Å²) in [4.78, 5) is 37.1. The molecule has 0 amide bonds. The number of aliphatic hydroxyl groups is 1. The van der Waals surface area contributed by atoms with E-state index in [1.807, 2.05) is 13.0 Å². The first-order valence-corrected chi connectivity index (χ1v) is 9.94. The molecule has 0 spiro atoms. The van der Waals surface area contributed by atoms with Gasteiger partial charge in [0, 0.05) is 6.92 Å². The molecule has 2 fully saturated rings. The lowest BCUT2D eigenvalue weighted by atomic mass is 9.79. The van der Waals surface area contributed by atoms with Crippen molar-refractivity contribution in [2.75, 3.05) is 0 Å². The van der Waals surface area contributed by atoms with Crippen molar-refractivity contribution in [3.05, 3.63) is 35.5 Å². The van der Waals surface area contributed by atoms with Crippen molar-refractivity contribution in [3.8, 4) is 0 Å². The Morgan fingerprint density at radius 3 is 2.50 bits per heavy atom. The van der Waals surface area contributed by atoms with Crippen LogP contribution in [-0.2, 0) is 33.3 Å². The van der Waals surface area contributed by atoms with Crippen molar-refractivity contribution in [2.24, 2.45) is 0 Å². The van der Waals surface area contributed by atoms with E-state index in [0.717, 1.165) is 5.57 Å². The molecular weight excluding hydrogens is 392 g/mol. The summed E-state index contributed by atoms with van der Waals surface area (Å²) in [7, 11) is 0. The third-order valence-corrected chi connectivity index (χ3v) is 6.07. The Labute approximate surface area is 175 Å². The molecule has 2 saturated heterocycles. The lowest BCUT2D eigenvalue weighted by molar-refractivity contribution is -0.188. The Morgan fingerprint density at radius 1 is 1.30 bits per heavy atom. The second-order valence-electron chi connectivity index (χ2n) is 8.35. The third-order valence-electron chi connectivity index (χ3n) is 6.07. The molecule has 0 bridgehead atoms. The maximum atomic E-state index is 12.8. The van der Waals surface area contributed by atoms with Gasteiger partial charge in [-0.15, -0.1) is 0 Å². The van der Waals surface area contributed by atoms with E-state index in [-0.39, 0.29) is 11.7 Å². The summed E-state index contributed by atoms with van der Waals surface area (Å²) >= 11 is 0. The second kappa shape index (κ2) is 7.67. The fraction of sp³-hybridized carbons (Fsp3) is 0.591. The Kier molecular flexibility index (Phi) is 5.68. The maximum Gasteiger partial charge on any atom is 0.341 e. The van der Waals surface area contributed by atoms with Gasteiger partial charge in [0.05, 0.1) is 11.7 Å². The molecule has 3 rings (SSSR count). The molecule has 8 heteroatoms. The average Bonchev–Trinajstić information content (AvgIpc) is 3.22. The van der Waals surface area contributed by atoms with Gasteiger partial charge in [-0.25, -0.2) is 9.59 Å². The van der Waals surface area contributed by atoms with E-state index in [4.69, 9.17) is 18.9 Å². The van der Waals surface area contributed by atoms with Crippen LogP contribution in [0.15, 0.2) is 35.5 Å². The normalized spacial score (nSPS) is 38.6. The van der Waals surface area contributed by atoms with Gasteiger partial charge in [-0.3, -0.25) is 4.79 Å². The fourth-order valence-electron chi connectivity index (χ4n) is 3.83. The number of epoxide rings is 1. The van der Waals surface area contributed by atoms with Gasteiger partial charge in [-0.2, -0.15) is 0 Å². The number of carbonyl (C=O) groups is 3. The van der Waals surface area contributed by atoms with Crippen molar-refractivity contribution in [1.82, 2.24) is 0 Å². The van der Waals surface area contributed by atoms with E-state index in [2.05, 4.69) is 6.58 Å². The lowest BCUT2D eigenvalue weighted by Crippen LogP contribution is -2.58. The topological polar surface area (TPSA) is 112 Å². The summed E-state index contributed by atoms with van der Waals surface area (Å²) < 4.78 is 21.9. The zero-order chi connectivity index (χ0) is 22.4. The second-order valence-corrected chi connectivity index (χ2v) is 8.35. The van der Waals surface area contributed by atoms with E-state index in [1.54, 1.807) is 26.8 Å². The molecule has 1 N–H and O–H groups in total. The molecule has 2 heterocycles. The molecule has 6 atom stereocenters. The van der Waals surface area contributed by atoms with Crippen LogP contribution in [0.1, 0.15) is 47.5 Å². The zero-order valence-electron chi connectivity index (χ0n) is 17.9. The van der Waals surface area contributed by atoms with Gasteiger partial charge in [0.1, 0.15) is 0 Å². The summed E-state index contributed by atoms with van der Waals surface area (Å²) in [5.74, 6) is -2.17. The highest BCUT2D eigenvalue weighted by Crippen LogP contribution is 2.43. The largest absolute Gasteiger partial charge is 0.455 e. The van der Waals surface area contributed by atoms with Crippen molar-refractivity contribution >= 4 is 17.9 Å². The predicted octanol–water partition coefficient (Wildman–Crippen LogP) is 1.91. The minimum absolute atomic E-state index is 0.264. The van der Waals surface area contributed by atoms with Crippen LogP contribution in [-0.4, -0.2) is 58.6 Å². The fourth-order valence-corrected chi connectivity index (χ4v) is 3.83. The standard InChI is InChI=1S/C22H28O8/c1-11-8-7-9-12(2)17(29-20(25)21(6)14(4)30-21)18(27-15(5)23)22(26)13(3)19(24)28-16(22)10-11/h9-10,14,16-18,26H,3,7-8H2,1-2,4-6H3. The van der Waals surface area contributed by atoms with Gasteiger partial charge >= 0.3 is 17.9 Å². The van der Waals surface area contributed by atoms with Crippen LogP contribution >= 0.6 is 0 Å². The number of ether oxygens (including phenoxy) is 4. The predicted molar refractivity (Wildman–Crippen MR) is 105 cm³/mol. The summed E-state index contributed by atoms with van der Waals surface area (Å²) in [6.45, 7) is 11.8. The third kappa shape index (κ3) is 3.70. The lowest BCUT2D eigenvalue weighted by Gasteiger charge is -2.39. The molecule has 0 saturated carbocycles. The Balaban J connectivity index is 2.10. The molecule has 30 heavy (non-hydrogen) atoms. The Hall–Kier alpha value is -2.45. The van der Waals surface area contributed by atoms with E-state index in [1.165, 1.54) is 6.92 Å². The van der Waals surface area contributed by atoms with Gasteiger partial charge in [-0.05, 0) is 52.2 Å². The van der Waals surface area contributed by atoms with Crippen LogP contribution in [0.5, 0.6) is 0 Å². The van der Waals surface area contributed by atoms with Crippen LogP contribution in [0.4, 0.5) is 0 Å². The first-order valence-electron chi connectivity index (χ1n) is 9.94. The number of hydrogen-bond donors (Lipinski definition) is 1. The van der Waals surface area contributed by atoms with Crippen molar-refractivity contribution < 1.29 is 38.4 Å². The zero-order valence-corrected chi connectivity index (χ0v) is 17.9. The molecule has 1 aliphatic carbocycles. The number of esters is 3. The minimum atomic E-state index is -2.11. The summed E-state index contributed by atoms with van der Waals surface area (Å²) in [6.07, 6.45) is 0.667. The molecule has 0 aromatic carbocycles. The molecule has 8 nitrogen and oxygen atoms in total. The number of allylic oxidation sites excluding steroid dienone is 2. The van der Waals surface area contributed by atoms with E-state index >= 15 is 0 Å². The number of fused-ring (bicyclic) bond motifs is 1. The van der Waals surface area contributed by atoms with Crippen LogP contribution in [0.25, 0.3) is 0 Å². The molecule has 3 aliphatic rings. The Morgan fingerprint density at radius 2 is 1.93 bits per heavy atom. The van der Waals surface area contributed by atoms with E-state index in [9.17, 15) is 19.5 Å². The van der Waals surface area contributed by atoms with Crippen molar-refractivity contribution in [1.29, 1.82) is 0 Å². The first kappa shape index (κ1) is 22.2. The summed E-state index contributed by atoms with van der Waals surface area (Å²) in [5, 5.41) is 11.7. The molecule has 2 aliphatic heterocycles. The number of rotatable bonds is 3. The molecular formula is C22H28O8. The molecule has 0 radical (unpaired) electrons. The smallest absolute Gasteiger partial charge is 0.341 e. The maximum absolute atomic E-state index is 12.8. The van der Waals surface area contributed by atoms with Crippen LogP contribution in [0.2, 0.25) is 0 Å². The van der Waals surface area contributed by atoms with Gasteiger partial charge in [0.2, 0.25) is 0 Å². The molecule has 6 unspecified atom stereocenters. The first-order chi connectivity index (χ1) is 13.9. The number of hydrogen-bond acceptors (Lipinski definition) is 8. The highest BCUT2D eigenvalue weighted by Gasteiger charge is 2.62. The van der Waals surface area contributed by atoms with E-state index < -0.39 is 47.4 Å². The Bertz CT molecular complexity index is 855. The van der Waals surface area contributed by atoms with Gasteiger partial charge < -0.3 is 24.1 Å². The van der Waals surface area contributed by atoms with Crippen LogP contribution in [0, 0.1) is 0 Å². The molecule has 164 valence electrons. The van der Waals surface area contributed by atoms with Gasteiger partial charge in [0.25, 0.3) is 0 Å². The molecule has 0 aromatic rings. The van der Waals surface area contributed by atoms with Crippen LogP contribution < -0.4 is 0 Å².